The van der Waals surface area contributed by atoms with Gasteiger partial charge in [-0.25, -0.2) is 19.8 Å². The van der Waals surface area contributed by atoms with Gasteiger partial charge < -0.3 is 10.0 Å². The highest BCUT2D eigenvalue weighted by atomic mass is 19.1. The number of hydrogen-bond acceptors (Lipinski definition) is 6. The molecule has 7 heteroatoms. The number of aromatic nitrogens is 2. The second-order valence-corrected chi connectivity index (χ2v) is 7.32. The minimum atomic E-state index is -0.219. The average Bonchev–Trinajstić information content (AvgIpc) is 3.08. The molecule has 3 N–H and O–H groups in total. The molecule has 2 aromatic rings. The van der Waals surface area contributed by atoms with E-state index in [2.05, 4.69) is 25.7 Å². The van der Waals surface area contributed by atoms with E-state index in [9.17, 15) is 9.50 Å². The van der Waals surface area contributed by atoms with Crippen LogP contribution in [-0.4, -0.2) is 41.3 Å². The van der Waals surface area contributed by atoms with Crippen molar-refractivity contribution in [1.82, 2.24) is 20.8 Å². The molecule has 4 rings (SSSR count). The van der Waals surface area contributed by atoms with Gasteiger partial charge in [-0.05, 0) is 30.5 Å². The van der Waals surface area contributed by atoms with Crippen molar-refractivity contribution in [2.45, 2.75) is 30.9 Å². The standard InChI is InChI=1S/C19H24FN5O/c1-25(18-8-17(21-11-22-18)13-6-16(26)7-13)10-14-9-23-24-19(14)12-2-4-15(20)5-3-12/h2-5,8,11,13-14,16,19,23-24,26H,6-7,9-10H2,1H3. The molecule has 1 aliphatic carbocycles. The Morgan fingerprint density at radius 2 is 2.00 bits per heavy atom. The van der Waals surface area contributed by atoms with Gasteiger partial charge in [-0.2, -0.15) is 0 Å². The zero-order valence-corrected chi connectivity index (χ0v) is 14.8. The van der Waals surface area contributed by atoms with Crippen LogP contribution < -0.4 is 15.8 Å². The van der Waals surface area contributed by atoms with E-state index in [0.29, 0.717) is 11.8 Å². The number of aliphatic hydroxyl groups excluding tert-OH is 1. The highest BCUT2D eigenvalue weighted by Gasteiger charge is 2.31. The quantitative estimate of drug-likeness (QED) is 0.757. The van der Waals surface area contributed by atoms with Gasteiger partial charge in [0.2, 0.25) is 0 Å². The van der Waals surface area contributed by atoms with Crippen LogP contribution in [0.4, 0.5) is 10.2 Å². The molecule has 2 aliphatic rings. The maximum absolute atomic E-state index is 13.2. The lowest BCUT2D eigenvalue weighted by molar-refractivity contribution is 0.0732. The van der Waals surface area contributed by atoms with E-state index in [1.54, 1.807) is 6.33 Å². The lowest BCUT2D eigenvalue weighted by Crippen LogP contribution is -2.31. The van der Waals surface area contributed by atoms with Crippen molar-refractivity contribution in [1.29, 1.82) is 0 Å². The maximum Gasteiger partial charge on any atom is 0.131 e. The monoisotopic (exact) mass is 357 g/mol. The number of anilines is 1. The van der Waals surface area contributed by atoms with E-state index in [-0.39, 0.29) is 18.0 Å². The molecule has 0 bridgehead atoms. The normalized spacial score (nSPS) is 28.0. The minimum absolute atomic E-state index is 0.126. The summed E-state index contributed by atoms with van der Waals surface area (Å²) in [6, 6.07) is 8.81. The molecular formula is C19H24FN5O. The van der Waals surface area contributed by atoms with Crippen molar-refractivity contribution in [3.05, 3.63) is 53.7 Å². The summed E-state index contributed by atoms with van der Waals surface area (Å²) in [6.45, 7) is 1.64. The molecule has 1 aliphatic heterocycles. The fraction of sp³-hybridized carbons (Fsp3) is 0.474. The van der Waals surface area contributed by atoms with Gasteiger partial charge in [0.15, 0.2) is 0 Å². The van der Waals surface area contributed by atoms with Crippen LogP contribution in [0, 0.1) is 11.7 Å². The first-order valence-corrected chi connectivity index (χ1v) is 9.05. The van der Waals surface area contributed by atoms with Gasteiger partial charge in [0.25, 0.3) is 0 Å². The van der Waals surface area contributed by atoms with Gasteiger partial charge in [0.1, 0.15) is 18.0 Å². The number of halogens is 1. The first-order chi connectivity index (χ1) is 12.6. The predicted molar refractivity (Wildman–Crippen MR) is 97.1 cm³/mol. The van der Waals surface area contributed by atoms with Crippen molar-refractivity contribution in [3.63, 3.8) is 0 Å². The van der Waals surface area contributed by atoms with Crippen LogP contribution in [0.5, 0.6) is 0 Å². The number of aliphatic hydroxyl groups is 1. The second kappa shape index (κ2) is 7.26. The highest BCUT2D eigenvalue weighted by Crippen LogP contribution is 2.36. The van der Waals surface area contributed by atoms with E-state index < -0.39 is 0 Å². The zero-order valence-electron chi connectivity index (χ0n) is 14.8. The lowest BCUT2D eigenvalue weighted by atomic mass is 9.80. The molecule has 138 valence electrons. The minimum Gasteiger partial charge on any atom is -0.393 e. The molecule has 2 atom stereocenters. The van der Waals surface area contributed by atoms with Crippen molar-refractivity contribution in [2.75, 3.05) is 25.0 Å². The van der Waals surface area contributed by atoms with Crippen molar-refractivity contribution < 1.29 is 9.50 Å². The lowest BCUT2D eigenvalue weighted by Gasteiger charge is -2.31. The first kappa shape index (κ1) is 17.3. The zero-order chi connectivity index (χ0) is 18.1. The Labute approximate surface area is 152 Å². The van der Waals surface area contributed by atoms with Gasteiger partial charge in [0, 0.05) is 43.7 Å². The summed E-state index contributed by atoms with van der Waals surface area (Å²) in [5, 5.41) is 9.51. The third kappa shape index (κ3) is 3.56. The Bertz CT molecular complexity index is 750. The van der Waals surface area contributed by atoms with E-state index in [0.717, 1.165) is 43.0 Å². The van der Waals surface area contributed by atoms with Gasteiger partial charge in [-0.15, -0.1) is 0 Å². The molecule has 1 saturated heterocycles. The molecule has 6 nitrogen and oxygen atoms in total. The molecule has 2 heterocycles. The number of benzene rings is 1. The predicted octanol–water partition coefficient (Wildman–Crippen LogP) is 1.76. The molecule has 0 amide bonds. The summed E-state index contributed by atoms with van der Waals surface area (Å²) in [5.41, 5.74) is 8.58. The molecular weight excluding hydrogens is 333 g/mol. The fourth-order valence-electron chi connectivity index (χ4n) is 3.80. The molecule has 2 unspecified atom stereocenters. The number of nitrogens with one attached hydrogen (secondary N) is 2. The summed E-state index contributed by atoms with van der Waals surface area (Å²) < 4.78 is 13.2. The Hall–Kier alpha value is -2.09. The van der Waals surface area contributed by atoms with Crippen molar-refractivity contribution >= 4 is 5.82 Å². The Kier molecular flexibility index (Phi) is 4.84. The number of hydrogen-bond donors (Lipinski definition) is 3. The highest BCUT2D eigenvalue weighted by molar-refractivity contribution is 5.39. The molecule has 1 aromatic carbocycles. The fourth-order valence-corrected chi connectivity index (χ4v) is 3.80. The molecule has 26 heavy (non-hydrogen) atoms. The molecule has 0 spiro atoms. The summed E-state index contributed by atoms with van der Waals surface area (Å²) in [6.07, 6.45) is 2.98. The van der Waals surface area contributed by atoms with Gasteiger partial charge in [-0.1, -0.05) is 12.1 Å². The van der Waals surface area contributed by atoms with Crippen LogP contribution in [0.25, 0.3) is 0 Å². The third-order valence-corrected chi connectivity index (χ3v) is 5.43. The smallest absolute Gasteiger partial charge is 0.131 e. The Morgan fingerprint density at radius 1 is 1.23 bits per heavy atom. The summed E-state index contributed by atoms with van der Waals surface area (Å²) in [7, 11) is 2.03. The van der Waals surface area contributed by atoms with Crippen molar-refractivity contribution in [3.8, 4) is 0 Å². The molecule has 0 radical (unpaired) electrons. The second-order valence-electron chi connectivity index (χ2n) is 7.32. The summed E-state index contributed by atoms with van der Waals surface area (Å²) in [5.74, 6) is 1.33. The van der Waals surface area contributed by atoms with E-state index in [4.69, 9.17) is 0 Å². The van der Waals surface area contributed by atoms with Crippen LogP contribution in [-0.2, 0) is 0 Å². The van der Waals surface area contributed by atoms with E-state index in [1.165, 1.54) is 12.1 Å². The largest absolute Gasteiger partial charge is 0.393 e. The van der Waals surface area contributed by atoms with Crippen LogP contribution in [0.1, 0.15) is 36.1 Å². The van der Waals surface area contributed by atoms with Crippen LogP contribution in [0.15, 0.2) is 36.7 Å². The molecule has 1 saturated carbocycles. The molecule has 2 fully saturated rings. The summed E-state index contributed by atoms with van der Waals surface area (Å²) >= 11 is 0. The van der Waals surface area contributed by atoms with Crippen molar-refractivity contribution in [2.24, 2.45) is 5.92 Å². The van der Waals surface area contributed by atoms with Gasteiger partial charge >= 0.3 is 0 Å². The Balaban J connectivity index is 1.44. The van der Waals surface area contributed by atoms with Crippen LogP contribution in [0.2, 0.25) is 0 Å². The number of nitrogens with zero attached hydrogens (tertiary/aromatic N) is 3. The van der Waals surface area contributed by atoms with E-state index in [1.807, 2.05) is 25.2 Å². The van der Waals surface area contributed by atoms with E-state index >= 15 is 0 Å². The topological polar surface area (TPSA) is 73.3 Å². The number of hydrazine groups is 1. The van der Waals surface area contributed by atoms with Gasteiger partial charge in [0.05, 0.1) is 12.1 Å². The van der Waals surface area contributed by atoms with Crippen LogP contribution in [0.3, 0.4) is 0 Å². The SMILES string of the molecule is CN(CC1CNNC1c1ccc(F)cc1)c1cc(C2CC(O)C2)ncn1. The Morgan fingerprint density at radius 3 is 2.73 bits per heavy atom. The molecule has 1 aromatic heterocycles. The third-order valence-electron chi connectivity index (χ3n) is 5.43. The van der Waals surface area contributed by atoms with Crippen LogP contribution >= 0.6 is 0 Å². The van der Waals surface area contributed by atoms with Gasteiger partial charge in [-0.3, -0.25) is 5.43 Å². The number of rotatable bonds is 5. The first-order valence-electron chi connectivity index (χ1n) is 9.05. The summed E-state index contributed by atoms with van der Waals surface area (Å²) in [4.78, 5) is 10.9. The average molecular weight is 357 g/mol. The maximum atomic E-state index is 13.2.